The van der Waals surface area contributed by atoms with Crippen molar-refractivity contribution in [1.82, 2.24) is 16.0 Å². The zero-order valence-corrected chi connectivity index (χ0v) is 34.0. The van der Waals surface area contributed by atoms with Crippen LogP contribution >= 0.6 is 0 Å². The zero-order chi connectivity index (χ0) is 36.6. The highest BCUT2D eigenvalue weighted by atomic mass is 16.1. The molecule has 0 saturated heterocycles. The molecule has 11 heteroatoms. The summed E-state index contributed by atoms with van der Waals surface area (Å²) in [5.74, 6) is -0.159. The normalized spacial score (nSPS) is 15.0. The lowest BCUT2D eigenvalue weighted by atomic mass is 9.45. The summed E-state index contributed by atoms with van der Waals surface area (Å²) in [7, 11) is 7.69. The van der Waals surface area contributed by atoms with E-state index in [4.69, 9.17) is 0 Å². The van der Waals surface area contributed by atoms with Crippen molar-refractivity contribution in [2.75, 3.05) is 0 Å². The lowest BCUT2D eigenvalue weighted by Gasteiger charge is -2.55. The van der Waals surface area contributed by atoms with Gasteiger partial charge in [0.2, 0.25) is 0 Å². The van der Waals surface area contributed by atoms with E-state index in [1.165, 1.54) is 0 Å². The van der Waals surface area contributed by atoms with E-state index in [9.17, 15) is 9.59 Å². The molecule has 0 fully saturated rings. The van der Waals surface area contributed by atoms with Gasteiger partial charge in [-0.1, -0.05) is 83.1 Å². The fraction of sp³-hybridized carbons (Fsp3) is 0.917. The summed E-state index contributed by atoms with van der Waals surface area (Å²) in [4.78, 5) is 43.7. The van der Waals surface area contributed by atoms with Crippen LogP contribution < -0.4 is 16.0 Å². The van der Waals surface area contributed by atoms with Gasteiger partial charge in [-0.25, -0.2) is 0 Å². The standard InChI is InChI=1S/C36H76B5N3O3/c1-13-25(14-2)27(45)31(40-38)44-36(23-11,24-12)33(17-5,18-6)28(46)30(37)43-35(21-9,22-10)34(19-7,20-8)29(47)32(41-39)42-26(15-3)16-4/h25-26,30-32,40-44H,13-24,37-39H2,1-12H3. The Morgan fingerprint density at radius 3 is 1.26 bits per heavy atom. The Bertz CT molecular complexity index is 929. The first-order valence-electron chi connectivity index (χ1n) is 20.2. The first-order valence-corrected chi connectivity index (χ1v) is 20.2. The number of carbonyl (C=O) groups excluding carboxylic acids is 3. The predicted octanol–water partition coefficient (Wildman–Crippen LogP) is 3.40. The molecule has 0 saturated carbocycles. The molecule has 0 spiro atoms. The first kappa shape index (κ1) is 46.2. The summed E-state index contributed by atoms with van der Waals surface area (Å²) in [5.41, 5.74) is -2.36. The molecule has 0 radical (unpaired) electrons. The Kier molecular flexibility index (Phi) is 21.1. The van der Waals surface area contributed by atoms with Gasteiger partial charge in [-0.15, -0.1) is 0 Å². The Balaban J connectivity index is 7.09. The van der Waals surface area contributed by atoms with Crippen LogP contribution in [0.25, 0.3) is 0 Å². The molecule has 3 unspecified atom stereocenters. The summed E-state index contributed by atoms with van der Waals surface area (Å²) < 4.78 is 0. The fourth-order valence-electron chi connectivity index (χ4n) is 9.66. The van der Waals surface area contributed by atoms with Crippen LogP contribution in [0.1, 0.15) is 160 Å². The molecule has 0 aromatic rings. The minimum atomic E-state index is -0.675. The van der Waals surface area contributed by atoms with Crippen molar-refractivity contribution in [3.8, 4) is 0 Å². The van der Waals surface area contributed by atoms with E-state index in [2.05, 4.69) is 115 Å². The van der Waals surface area contributed by atoms with E-state index in [0.717, 1.165) is 71.4 Å². The third-order valence-electron chi connectivity index (χ3n) is 13.2. The highest BCUT2D eigenvalue weighted by molar-refractivity contribution is 6.92. The summed E-state index contributed by atoms with van der Waals surface area (Å²) in [5, 5.41) is 11.6. The third-order valence-corrected chi connectivity index (χ3v) is 13.2. The predicted molar refractivity (Wildman–Crippen MR) is 217 cm³/mol. The molecule has 0 amide bonds. The third kappa shape index (κ3) is 9.31. The molecule has 0 bridgehead atoms. The van der Waals surface area contributed by atoms with Gasteiger partial charge in [-0.2, -0.15) is 0 Å². The summed E-state index contributed by atoms with van der Waals surface area (Å²) in [6.07, 6.45) is 9.50. The van der Waals surface area contributed by atoms with Gasteiger partial charge in [0.1, 0.15) is 39.5 Å². The zero-order valence-electron chi connectivity index (χ0n) is 34.0. The average Bonchev–Trinajstić information content (AvgIpc) is 3.11. The van der Waals surface area contributed by atoms with Crippen LogP contribution in [0.15, 0.2) is 0 Å². The minimum Gasteiger partial charge on any atom is -0.312 e. The van der Waals surface area contributed by atoms with Gasteiger partial charge in [-0.3, -0.25) is 14.4 Å². The summed E-state index contributed by atoms with van der Waals surface area (Å²) in [6.45, 7) is 25.9. The second-order valence-corrected chi connectivity index (χ2v) is 14.4. The van der Waals surface area contributed by atoms with Crippen molar-refractivity contribution >= 4 is 55.0 Å². The maximum Gasteiger partial charge on any atom is 0.149 e. The van der Waals surface area contributed by atoms with E-state index in [1.54, 1.807) is 0 Å². The minimum absolute atomic E-state index is 0.0302. The molecule has 0 aromatic heterocycles. The lowest BCUT2D eigenvalue weighted by Crippen LogP contribution is -2.71. The monoisotopic (exact) mass is 654 g/mol. The molecule has 3 N–H and O–H groups in total. The number of hydrogen-bond acceptors (Lipinski definition) is 6. The Labute approximate surface area is 296 Å². The lowest BCUT2D eigenvalue weighted by molar-refractivity contribution is -0.141. The molecule has 0 aliphatic rings. The van der Waals surface area contributed by atoms with Crippen molar-refractivity contribution in [2.24, 2.45) is 16.7 Å². The van der Waals surface area contributed by atoms with Crippen LogP contribution in [0.3, 0.4) is 0 Å². The average molecular weight is 653 g/mol. The SMILES string of the molecule is BBC(NC(CC)(CC)C(CC)(CC)C(=O)C(B)NC(CC)(CC)C(CC)(CC)C(=O)C(BB)NC(CC)CC)C(=O)C(CC)CC. The topological polar surface area (TPSA) is 87.3 Å². The number of Topliss-reactive ketones (excluding diaryl/α,β-unsaturated/α-hetero) is 3. The molecule has 0 rings (SSSR count). The number of nitrogens with one attached hydrogen (secondary N) is 3. The molecule has 47 heavy (non-hydrogen) atoms. The first-order chi connectivity index (χ1) is 22.2. The van der Waals surface area contributed by atoms with Crippen molar-refractivity contribution in [2.45, 2.75) is 195 Å². The number of rotatable bonds is 28. The second kappa shape index (κ2) is 21.4. The summed E-state index contributed by atoms with van der Waals surface area (Å²) >= 11 is 0. The Morgan fingerprint density at radius 2 is 0.936 bits per heavy atom. The van der Waals surface area contributed by atoms with Crippen LogP contribution in [-0.4, -0.2) is 90.0 Å². The van der Waals surface area contributed by atoms with Crippen molar-refractivity contribution in [1.29, 1.82) is 0 Å². The van der Waals surface area contributed by atoms with Crippen LogP contribution in [0, 0.1) is 16.7 Å². The quantitative estimate of drug-likeness (QED) is 0.112. The van der Waals surface area contributed by atoms with Crippen molar-refractivity contribution in [3.63, 3.8) is 0 Å². The van der Waals surface area contributed by atoms with Gasteiger partial charge >= 0.3 is 0 Å². The molecule has 0 heterocycles. The van der Waals surface area contributed by atoms with Gasteiger partial charge in [-0.05, 0) is 77.0 Å². The molecular formula is C36H76B5N3O3. The maximum absolute atomic E-state index is 15.2. The van der Waals surface area contributed by atoms with E-state index < -0.39 is 27.8 Å². The van der Waals surface area contributed by atoms with Gasteiger partial charge in [0.15, 0.2) is 0 Å². The van der Waals surface area contributed by atoms with E-state index in [0.29, 0.717) is 26.1 Å². The smallest absolute Gasteiger partial charge is 0.149 e. The molecule has 0 aromatic carbocycles. The van der Waals surface area contributed by atoms with Crippen LogP contribution in [0.4, 0.5) is 0 Å². The van der Waals surface area contributed by atoms with Crippen LogP contribution in [0.2, 0.25) is 0 Å². The van der Waals surface area contributed by atoms with E-state index >= 15 is 4.79 Å². The van der Waals surface area contributed by atoms with Gasteiger partial charge in [0.25, 0.3) is 0 Å². The molecule has 3 atom stereocenters. The Hall–Kier alpha value is -0.785. The Morgan fingerprint density at radius 1 is 0.553 bits per heavy atom. The second-order valence-electron chi connectivity index (χ2n) is 14.4. The summed E-state index contributed by atoms with van der Waals surface area (Å²) in [6, 6.07) is 0.309. The molecule has 0 aliphatic carbocycles. The molecule has 0 aliphatic heterocycles. The number of carbonyl (C=O) groups is 3. The highest BCUT2D eigenvalue weighted by Gasteiger charge is 2.57. The van der Waals surface area contributed by atoms with Gasteiger partial charge in [0, 0.05) is 51.7 Å². The largest absolute Gasteiger partial charge is 0.312 e. The van der Waals surface area contributed by atoms with Crippen LogP contribution in [-0.2, 0) is 14.4 Å². The van der Waals surface area contributed by atoms with Gasteiger partial charge < -0.3 is 16.0 Å². The maximum atomic E-state index is 15.2. The molecule has 6 nitrogen and oxygen atoms in total. The molecule has 268 valence electrons. The number of hydrogen-bond donors (Lipinski definition) is 3. The van der Waals surface area contributed by atoms with Crippen molar-refractivity contribution < 1.29 is 14.4 Å². The fourth-order valence-corrected chi connectivity index (χ4v) is 9.66. The van der Waals surface area contributed by atoms with Gasteiger partial charge in [0.05, 0.1) is 15.5 Å². The molecular weight excluding hydrogens is 576 g/mol. The van der Waals surface area contributed by atoms with Crippen molar-refractivity contribution in [3.05, 3.63) is 0 Å². The van der Waals surface area contributed by atoms with E-state index in [-0.39, 0.29) is 35.2 Å². The van der Waals surface area contributed by atoms with E-state index in [1.807, 2.05) is 7.85 Å². The van der Waals surface area contributed by atoms with Crippen LogP contribution in [0.5, 0.6) is 0 Å². The highest BCUT2D eigenvalue weighted by Crippen LogP contribution is 2.48. The number of ketones is 3.